The van der Waals surface area contributed by atoms with Crippen LogP contribution in [0.3, 0.4) is 0 Å². The van der Waals surface area contributed by atoms with E-state index in [0.29, 0.717) is 0 Å². The highest BCUT2D eigenvalue weighted by Crippen LogP contribution is 2.57. The number of benzene rings is 18. The molecule has 0 atom stereocenters. The van der Waals surface area contributed by atoms with Crippen molar-refractivity contribution in [2.24, 2.45) is 0 Å². The van der Waals surface area contributed by atoms with Crippen LogP contribution in [0.15, 0.2) is 394 Å². The maximum atomic E-state index is 2.78. The van der Waals surface area contributed by atoms with Crippen molar-refractivity contribution in [1.29, 1.82) is 0 Å². The van der Waals surface area contributed by atoms with E-state index in [1.807, 2.05) is 0 Å². The van der Waals surface area contributed by atoms with Gasteiger partial charge < -0.3 is 23.5 Å². The molecule has 0 N–H and O–H groups in total. The lowest BCUT2D eigenvalue weighted by Crippen LogP contribution is -2.61. The quantitative estimate of drug-likeness (QED) is 0.148. The summed E-state index contributed by atoms with van der Waals surface area (Å²) in [4.78, 5) is 5.55. The lowest BCUT2D eigenvalue weighted by atomic mass is 9.33. The Morgan fingerprint density at radius 1 is 0.190 bits per heavy atom. The Morgan fingerprint density at radius 3 is 0.913 bits per heavy atom. The summed E-state index contributed by atoms with van der Waals surface area (Å²) < 4.78 is 7.57. The van der Waals surface area contributed by atoms with Gasteiger partial charge in [-0.25, -0.2) is 0 Å². The Balaban J connectivity index is 0.896. The summed E-state index contributed by atoms with van der Waals surface area (Å²) in [5, 5.41) is 7.20. The molecule has 6 heterocycles. The first-order chi connectivity index (χ1) is 61.4. The largest absolute Gasteiger partial charge is 0.310 e. The van der Waals surface area contributed by atoms with Gasteiger partial charge in [0.15, 0.2) is 0 Å². The van der Waals surface area contributed by atoms with Crippen molar-refractivity contribution in [3.05, 3.63) is 411 Å². The number of para-hydroxylation sites is 3. The van der Waals surface area contributed by atoms with E-state index in [1.54, 1.807) is 0 Å². The number of hydrogen-bond acceptors (Lipinski definition) is 2. The summed E-state index contributed by atoms with van der Waals surface area (Å²) in [7, 11) is 0. The zero-order valence-corrected chi connectivity index (χ0v) is 72.3. The molecule has 6 heteroatoms. The molecule has 0 fully saturated rings. The molecule has 0 radical (unpaired) electrons. The summed E-state index contributed by atoms with van der Waals surface area (Å²) in [5.41, 5.74) is 41.6. The molecule has 24 rings (SSSR count). The lowest BCUT2D eigenvalue weighted by molar-refractivity contribution is 0.590. The van der Waals surface area contributed by atoms with Crippen molar-refractivity contribution >= 4 is 123 Å². The van der Waals surface area contributed by atoms with Crippen LogP contribution in [0.4, 0.5) is 34.1 Å². The van der Waals surface area contributed by atoms with Crippen molar-refractivity contribution in [3.63, 3.8) is 0 Å². The molecule has 0 saturated heterocycles. The molecule has 18 aromatic carbocycles. The van der Waals surface area contributed by atoms with Gasteiger partial charge in [0.1, 0.15) is 0 Å². The third-order valence-electron chi connectivity index (χ3n) is 27.3. The minimum Gasteiger partial charge on any atom is -0.310 e. The molecule has 0 aliphatic carbocycles. The van der Waals surface area contributed by atoms with Crippen LogP contribution in [0.2, 0.25) is 0 Å². The van der Waals surface area contributed by atoms with Gasteiger partial charge in [0.25, 0.3) is 6.71 Å². The monoisotopic (exact) mass is 1610 g/mol. The topological polar surface area (TPSA) is 21.3 Å². The fourth-order valence-corrected chi connectivity index (χ4v) is 21.0. The van der Waals surface area contributed by atoms with Crippen LogP contribution >= 0.6 is 0 Å². The molecule has 0 amide bonds. The van der Waals surface area contributed by atoms with E-state index in [-0.39, 0.29) is 17.5 Å². The molecule has 3 aliphatic heterocycles. The normalized spacial score (nSPS) is 12.9. The molecule has 0 unspecified atom stereocenters. The second-order valence-corrected chi connectivity index (χ2v) is 38.0. The molecule has 21 aromatic rings. The SMILES string of the molecule is CC(C)(C)c1cc(-c2ccccc2)c2c(c1)-c1cccc(c1)-c1ccc3c(c1)c1cc(ccc1n3-c1ccccc1)-c1cccc(c1)-c1cc(C(C)(C)C)cc(-c3ccccc3)c1N1c3cc(-n4c5ccccc5c5ccc(-c6ccccc6)cc54)ccc3B3c4ccc(-n5c6ccccc6c6ccc(-c7ccccc7)cc65)cc4N2c2cc(C(C)(C)C)cc1c23. The number of fused-ring (bicyclic) bond motifs is 26. The number of anilines is 6. The van der Waals surface area contributed by atoms with Crippen LogP contribution in [-0.4, -0.2) is 20.4 Å². The number of hydrogen-bond donors (Lipinski definition) is 0. The first-order valence-corrected chi connectivity index (χ1v) is 44.5. The summed E-state index contributed by atoms with van der Waals surface area (Å²) in [6, 6.07) is 152. The number of nitrogens with zero attached hydrogens (tertiary/aromatic N) is 5. The molecule has 13 bridgehead atoms. The summed E-state index contributed by atoms with van der Waals surface area (Å²) >= 11 is 0. The molecule has 600 valence electrons. The van der Waals surface area contributed by atoms with Gasteiger partial charge in [-0.15, -0.1) is 0 Å². The van der Waals surface area contributed by atoms with Crippen LogP contribution in [0.1, 0.15) is 79.0 Å². The molecule has 3 aromatic heterocycles. The van der Waals surface area contributed by atoms with Crippen LogP contribution < -0.4 is 26.2 Å². The number of rotatable bonds is 7. The Bertz CT molecular complexity index is 7620. The first kappa shape index (κ1) is 74.8. The highest BCUT2D eigenvalue weighted by molar-refractivity contribution is 7.00. The minimum absolute atomic E-state index is 0.282. The second-order valence-electron chi connectivity index (χ2n) is 38.0. The zero-order valence-electron chi connectivity index (χ0n) is 72.3. The van der Waals surface area contributed by atoms with Gasteiger partial charge in [0.2, 0.25) is 0 Å². The first-order valence-electron chi connectivity index (χ1n) is 44.5. The fourth-order valence-electron chi connectivity index (χ4n) is 21.0. The fraction of sp³-hybridized carbons (Fsp3) is 0.100. The maximum Gasteiger partial charge on any atom is 0.252 e. The molecule has 126 heavy (non-hydrogen) atoms. The lowest BCUT2D eigenvalue weighted by Gasteiger charge is -2.47. The van der Waals surface area contributed by atoms with Crippen LogP contribution in [0, 0.1) is 0 Å². The van der Waals surface area contributed by atoms with Crippen molar-refractivity contribution in [1.82, 2.24) is 13.7 Å². The van der Waals surface area contributed by atoms with Crippen LogP contribution in [0.5, 0.6) is 0 Å². The number of aromatic nitrogens is 3. The van der Waals surface area contributed by atoms with Crippen molar-refractivity contribution in [2.45, 2.75) is 78.6 Å². The highest BCUT2D eigenvalue weighted by Gasteiger charge is 2.47. The Morgan fingerprint density at radius 2 is 0.500 bits per heavy atom. The summed E-state index contributed by atoms with van der Waals surface area (Å²) in [6.07, 6.45) is 0. The molecular formula is C120H92BN5. The van der Waals surface area contributed by atoms with Gasteiger partial charge in [-0.05, 0) is 250 Å². The van der Waals surface area contributed by atoms with E-state index in [4.69, 9.17) is 0 Å². The molecular weight excluding hydrogens is 1520 g/mol. The summed E-state index contributed by atoms with van der Waals surface area (Å²) in [5.74, 6) is 0. The van der Waals surface area contributed by atoms with E-state index in [0.717, 1.165) is 151 Å². The average Bonchev–Trinajstić information content (AvgIpc) is 0.831. The average molecular weight is 1610 g/mol. The predicted octanol–water partition coefficient (Wildman–Crippen LogP) is 30.6. The molecule has 0 saturated carbocycles. The van der Waals surface area contributed by atoms with E-state index in [1.165, 1.54) is 87.6 Å². The Hall–Kier alpha value is -15.0. The third-order valence-corrected chi connectivity index (χ3v) is 27.3. The van der Waals surface area contributed by atoms with Gasteiger partial charge in [0.05, 0.1) is 44.5 Å². The van der Waals surface area contributed by atoms with Gasteiger partial charge in [-0.1, -0.05) is 323 Å². The Labute approximate surface area is 736 Å². The second kappa shape index (κ2) is 28.3. The van der Waals surface area contributed by atoms with Crippen molar-refractivity contribution in [3.8, 4) is 106 Å². The van der Waals surface area contributed by atoms with E-state index in [2.05, 4.69) is 480 Å². The highest BCUT2D eigenvalue weighted by atomic mass is 15.2. The van der Waals surface area contributed by atoms with E-state index < -0.39 is 5.41 Å². The molecule has 0 spiro atoms. The zero-order chi connectivity index (χ0) is 84.8. The molecule has 3 aliphatic rings. The Kier molecular flexibility index (Phi) is 16.8. The van der Waals surface area contributed by atoms with Crippen LogP contribution in [-0.2, 0) is 16.2 Å². The van der Waals surface area contributed by atoms with Gasteiger partial charge in [0, 0.05) is 94.4 Å². The minimum atomic E-state index is -0.401. The van der Waals surface area contributed by atoms with Crippen LogP contribution in [0.25, 0.3) is 171 Å². The summed E-state index contributed by atoms with van der Waals surface area (Å²) in [6.45, 7) is 21.3. The maximum absolute atomic E-state index is 2.78. The molecule has 5 nitrogen and oxygen atoms in total. The third kappa shape index (κ3) is 11.9. The predicted molar refractivity (Wildman–Crippen MR) is 537 cm³/mol. The van der Waals surface area contributed by atoms with Gasteiger partial charge in [-0.2, -0.15) is 0 Å². The smallest absolute Gasteiger partial charge is 0.252 e. The van der Waals surface area contributed by atoms with Gasteiger partial charge in [-0.3, -0.25) is 0 Å². The standard InChI is InChI=1S/C120H92BN5/c1-118(2,3)87-67-97(77-35-19-12-20-36-77)116-99(69-87)85-41-29-39-79(61-85)81-51-59-107-101(63-81)102-64-82(52-60-108(102)122(107)90-43-23-14-24-44-90)80-40-30-42-86(62-80)100-70-88(119(4,5)6)68-98(78-37-21-13-22-38-78)117(100)126-112-74-92(124-106-48-28-26-46-94(106)96-56-50-84(66-110(96)124)76-33-17-11-18-34-76)54-58-104(112)121-103-57-53-91(73-111(103)125(116)113-71-89(120(7,8)9)72-114(126)115(113)121)123-105-47-27-25-45-93(105)95-55-49-83(65-109(95)123)75-31-15-10-16-32-75/h10-74H,1-9H3. The van der Waals surface area contributed by atoms with Gasteiger partial charge >= 0.3 is 0 Å². The van der Waals surface area contributed by atoms with E-state index >= 15 is 0 Å². The van der Waals surface area contributed by atoms with E-state index in [9.17, 15) is 0 Å². The van der Waals surface area contributed by atoms with Crippen molar-refractivity contribution in [2.75, 3.05) is 9.80 Å². The van der Waals surface area contributed by atoms with Crippen molar-refractivity contribution < 1.29 is 0 Å².